The van der Waals surface area contributed by atoms with E-state index in [1.54, 1.807) is 0 Å². The summed E-state index contributed by atoms with van der Waals surface area (Å²) in [6.07, 6.45) is 0. The quantitative estimate of drug-likeness (QED) is 0.329. The zero-order chi connectivity index (χ0) is 19.4. The van der Waals surface area contributed by atoms with Crippen LogP contribution in [0.4, 0.5) is 0 Å². The smallest absolute Gasteiger partial charge is 0.0622 e. The molecule has 0 amide bonds. The third-order valence-electron chi connectivity index (χ3n) is 5.61. The van der Waals surface area contributed by atoms with Crippen LogP contribution in [0.15, 0.2) is 115 Å². The van der Waals surface area contributed by atoms with E-state index in [-0.39, 0.29) is 5.41 Å². The standard InChI is InChI=1S/C28H26/c1-22(2)23-13-12-20-27(21-23)28(24-14-6-3-7-15-24,25-16-8-4-9-17-25)26-18-10-5-11-19-26/h3-22H,1-2H3. The van der Waals surface area contributed by atoms with Crippen molar-refractivity contribution in [2.24, 2.45) is 0 Å². The molecule has 4 aromatic carbocycles. The molecule has 0 bridgehead atoms. The highest BCUT2D eigenvalue weighted by atomic mass is 14.4. The van der Waals surface area contributed by atoms with Gasteiger partial charge in [-0.05, 0) is 33.7 Å². The van der Waals surface area contributed by atoms with Gasteiger partial charge >= 0.3 is 0 Å². The summed E-state index contributed by atoms with van der Waals surface area (Å²) in [7, 11) is 0. The lowest BCUT2D eigenvalue weighted by molar-refractivity contribution is 0.739. The van der Waals surface area contributed by atoms with E-state index in [0.29, 0.717) is 5.92 Å². The second-order valence-corrected chi connectivity index (χ2v) is 7.63. The number of benzene rings is 4. The van der Waals surface area contributed by atoms with Gasteiger partial charge in [0, 0.05) is 0 Å². The maximum Gasteiger partial charge on any atom is 0.0701 e. The third-order valence-corrected chi connectivity index (χ3v) is 5.61. The topological polar surface area (TPSA) is 0 Å². The molecule has 0 fully saturated rings. The molecule has 0 aliphatic rings. The van der Waals surface area contributed by atoms with Gasteiger partial charge in [-0.3, -0.25) is 0 Å². The predicted molar refractivity (Wildman–Crippen MR) is 119 cm³/mol. The highest BCUT2D eigenvalue weighted by Gasteiger charge is 2.38. The minimum Gasteiger partial charge on any atom is -0.0622 e. The summed E-state index contributed by atoms with van der Waals surface area (Å²) in [4.78, 5) is 0. The zero-order valence-corrected chi connectivity index (χ0v) is 16.5. The zero-order valence-electron chi connectivity index (χ0n) is 16.5. The summed E-state index contributed by atoms with van der Waals surface area (Å²) >= 11 is 0. The van der Waals surface area contributed by atoms with Gasteiger partial charge in [-0.25, -0.2) is 0 Å². The van der Waals surface area contributed by atoms with Gasteiger partial charge in [-0.15, -0.1) is 0 Å². The van der Waals surface area contributed by atoms with E-state index in [1.165, 1.54) is 27.8 Å². The van der Waals surface area contributed by atoms with Crippen molar-refractivity contribution < 1.29 is 0 Å². The van der Waals surface area contributed by atoms with Crippen LogP contribution in [0.1, 0.15) is 47.6 Å². The van der Waals surface area contributed by atoms with Crippen LogP contribution in [0, 0.1) is 0 Å². The predicted octanol–water partition coefficient (Wildman–Crippen LogP) is 7.19. The van der Waals surface area contributed by atoms with Crippen molar-refractivity contribution in [1.82, 2.24) is 0 Å². The van der Waals surface area contributed by atoms with Crippen LogP contribution in [-0.2, 0) is 5.41 Å². The van der Waals surface area contributed by atoms with Crippen molar-refractivity contribution in [2.45, 2.75) is 25.2 Å². The summed E-state index contributed by atoms with van der Waals surface area (Å²) in [5, 5.41) is 0. The third kappa shape index (κ3) is 3.16. The molecule has 4 rings (SSSR count). The molecular formula is C28H26. The van der Waals surface area contributed by atoms with E-state index in [4.69, 9.17) is 0 Å². The monoisotopic (exact) mass is 362 g/mol. The Hall–Kier alpha value is -3.12. The van der Waals surface area contributed by atoms with Gasteiger partial charge in [-0.1, -0.05) is 129 Å². The lowest BCUT2D eigenvalue weighted by Gasteiger charge is -2.37. The number of rotatable bonds is 5. The first kappa shape index (κ1) is 18.3. The lowest BCUT2D eigenvalue weighted by Crippen LogP contribution is -2.31. The van der Waals surface area contributed by atoms with E-state index in [2.05, 4.69) is 129 Å². The number of hydrogen-bond donors (Lipinski definition) is 0. The maximum atomic E-state index is 2.39. The van der Waals surface area contributed by atoms with E-state index >= 15 is 0 Å². The van der Waals surface area contributed by atoms with Crippen LogP contribution in [0.25, 0.3) is 0 Å². The molecule has 0 unspecified atom stereocenters. The van der Waals surface area contributed by atoms with Gasteiger partial charge in [0.2, 0.25) is 0 Å². The van der Waals surface area contributed by atoms with Crippen molar-refractivity contribution in [3.63, 3.8) is 0 Å². The van der Waals surface area contributed by atoms with E-state index in [1.807, 2.05) is 0 Å². The average Bonchev–Trinajstić information content (AvgIpc) is 2.77. The summed E-state index contributed by atoms with van der Waals surface area (Å²) in [6, 6.07) is 41.7. The van der Waals surface area contributed by atoms with Gasteiger partial charge < -0.3 is 0 Å². The lowest BCUT2D eigenvalue weighted by atomic mass is 9.65. The molecule has 0 aliphatic carbocycles. The fourth-order valence-corrected chi connectivity index (χ4v) is 4.20. The minimum absolute atomic E-state index is 0.353. The summed E-state index contributed by atoms with van der Waals surface area (Å²) in [5.41, 5.74) is 6.18. The van der Waals surface area contributed by atoms with Gasteiger partial charge in [-0.2, -0.15) is 0 Å². The largest absolute Gasteiger partial charge is 0.0701 e. The molecule has 0 saturated carbocycles. The molecule has 4 aromatic rings. The Labute approximate surface area is 168 Å². The molecule has 0 nitrogen and oxygen atoms in total. The van der Waals surface area contributed by atoms with Crippen molar-refractivity contribution >= 4 is 0 Å². The van der Waals surface area contributed by atoms with Crippen LogP contribution in [0.3, 0.4) is 0 Å². The van der Waals surface area contributed by atoms with E-state index in [0.717, 1.165) is 0 Å². The second-order valence-electron chi connectivity index (χ2n) is 7.63. The summed E-state index contributed by atoms with van der Waals surface area (Å²) in [5.74, 6) is 0.486. The van der Waals surface area contributed by atoms with Crippen molar-refractivity contribution in [3.05, 3.63) is 143 Å². The van der Waals surface area contributed by atoms with Gasteiger partial charge in [0.15, 0.2) is 0 Å². The van der Waals surface area contributed by atoms with Crippen LogP contribution in [0.5, 0.6) is 0 Å². The Kier molecular flexibility index (Phi) is 5.12. The molecule has 0 aliphatic heterocycles. The molecule has 0 radical (unpaired) electrons. The molecule has 0 saturated heterocycles. The Morgan fingerprint density at radius 3 is 1.25 bits per heavy atom. The van der Waals surface area contributed by atoms with Crippen molar-refractivity contribution in [3.8, 4) is 0 Å². The van der Waals surface area contributed by atoms with Crippen LogP contribution in [0.2, 0.25) is 0 Å². The summed E-state index contributed by atoms with van der Waals surface area (Å²) < 4.78 is 0. The van der Waals surface area contributed by atoms with E-state index in [9.17, 15) is 0 Å². The minimum atomic E-state index is -0.353. The Balaban J connectivity index is 2.12. The number of hydrogen-bond acceptors (Lipinski definition) is 0. The molecule has 0 aromatic heterocycles. The first-order chi connectivity index (χ1) is 13.7. The molecular weight excluding hydrogens is 336 g/mol. The highest BCUT2D eigenvalue weighted by Crippen LogP contribution is 2.45. The first-order valence-corrected chi connectivity index (χ1v) is 10.00. The molecule has 0 atom stereocenters. The molecule has 0 spiro atoms. The fraction of sp³-hybridized carbons (Fsp3) is 0.143. The molecule has 28 heavy (non-hydrogen) atoms. The van der Waals surface area contributed by atoms with Crippen molar-refractivity contribution in [1.29, 1.82) is 0 Å². The van der Waals surface area contributed by atoms with E-state index < -0.39 is 0 Å². The Morgan fingerprint density at radius 2 is 0.857 bits per heavy atom. The van der Waals surface area contributed by atoms with Gasteiger partial charge in [0.1, 0.15) is 0 Å². The Morgan fingerprint density at radius 1 is 0.464 bits per heavy atom. The van der Waals surface area contributed by atoms with Crippen LogP contribution < -0.4 is 0 Å². The van der Waals surface area contributed by atoms with Gasteiger partial charge in [0.25, 0.3) is 0 Å². The maximum absolute atomic E-state index is 2.39. The fourth-order valence-electron chi connectivity index (χ4n) is 4.20. The van der Waals surface area contributed by atoms with Crippen LogP contribution in [-0.4, -0.2) is 0 Å². The highest BCUT2D eigenvalue weighted by molar-refractivity contribution is 5.60. The first-order valence-electron chi connectivity index (χ1n) is 10.00. The normalized spacial score (nSPS) is 11.5. The molecule has 138 valence electrons. The van der Waals surface area contributed by atoms with Crippen LogP contribution >= 0.6 is 0 Å². The summed E-state index contributed by atoms with van der Waals surface area (Å²) in [6.45, 7) is 4.52. The average molecular weight is 363 g/mol. The SMILES string of the molecule is CC(C)c1cccc(C(c2ccccc2)(c2ccccc2)c2ccccc2)c1. The Bertz CT molecular complexity index is 918. The molecule has 0 N–H and O–H groups in total. The molecule has 0 heteroatoms. The van der Waals surface area contributed by atoms with Crippen molar-refractivity contribution in [2.75, 3.05) is 0 Å². The van der Waals surface area contributed by atoms with Gasteiger partial charge in [0.05, 0.1) is 5.41 Å². The molecule has 0 heterocycles. The second kappa shape index (κ2) is 7.86.